The maximum Gasteiger partial charge on any atom is 0.158 e. The second kappa shape index (κ2) is 9.78. The number of hydrogen-bond donors (Lipinski definition) is 2. The smallest absolute Gasteiger partial charge is 0.158 e. The summed E-state index contributed by atoms with van der Waals surface area (Å²) in [7, 11) is 0. The molecule has 0 radical (unpaired) electrons. The van der Waals surface area contributed by atoms with Crippen molar-refractivity contribution in [1.82, 2.24) is 0 Å². The van der Waals surface area contributed by atoms with Crippen molar-refractivity contribution in [2.45, 2.75) is 6.42 Å². The predicted molar refractivity (Wildman–Crippen MR) is 78.5 cm³/mol. The van der Waals surface area contributed by atoms with Crippen molar-refractivity contribution >= 4 is 47.4 Å². The van der Waals surface area contributed by atoms with Gasteiger partial charge in [0.1, 0.15) is 0 Å². The van der Waals surface area contributed by atoms with Gasteiger partial charge < -0.3 is 11.5 Å². The summed E-state index contributed by atoms with van der Waals surface area (Å²) in [6.07, 6.45) is 2.78. The van der Waals surface area contributed by atoms with Gasteiger partial charge in [-0.2, -0.15) is 0 Å². The van der Waals surface area contributed by atoms with E-state index in [0.717, 1.165) is 12.1 Å². The van der Waals surface area contributed by atoms with Gasteiger partial charge in [-0.3, -0.25) is 0 Å². The third kappa shape index (κ3) is 6.23. The summed E-state index contributed by atoms with van der Waals surface area (Å²) in [5.74, 6) is 0. The monoisotopic (exact) mass is 281 g/mol. The number of nitrogens with two attached hydrogens (primary N) is 2. The lowest BCUT2D eigenvalue weighted by Gasteiger charge is -2.00. The molecule has 1 aromatic carbocycles. The van der Waals surface area contributed by atoms with Crippen molar-refractivity contribution in [1.29, 1.82) is 0 Å². The van der Waals surface area contributed by atoms with Gasteiger partial charge in [-0.05, 0) is 36.9 Å². The van der Waals surface area contributed by atoms with Crippen LogP contribution in [0.25, 0.3) is 0 Å². The van der Waals surface area contributed by atoms with Crippen molar-refractivity contribution in [3.8, 4) is 0 Å². The van der Waals surface area contributed by atoms with E-state index in [1.807, 2.05) is 30.5 Å². The molecule has 1 aromatic rings. The first kappa shape index (κ1) is 18.0. The van der Waals surface area contributed by atoms with Gasteiger partial charge in [0.25, 0.3) is 0 Å². The van der Waals surface area contributed by atoms with Crippen LogP contribution in [0.1, 0.15) is 5.56 Å². The highest BCUT2D eigenvalue weighted by Crippen LogP contribution is 2.15. The molecule has 0 aliphatic rings. The number of nitrogens with zero attached hydrogens (tertiary/aromatic N) is 1. The van der Waals surface area contributed by atoms with E-state index in [1.54, 1.807) is 0 Å². The lowest BCUT2D eigenvalue weighted by molar-refractivity contribution is 0.969. The summed E-state index contributed by atoms with van der Waals surface area (Å²) in [6.45, 7) is 0.658. The van der Waals surface area contributed by atoms with Crippen LogP contribution in [0.4, 0.5) is 5.69 Å². The average molecular weight is 282 g/mol. The lowest BCUT2D eigenvalue weighted by Crippen LogP contribution is -2.04. The third-order valence-corrected chi connectivity index (χ3v) is 2.30. The second-order valence-electron chi connectivity index (χ2n) is 2.86. The van der Waals surface area contributed by atoms with Gasteiger partial charge in [-0.15, -0.1) is 24.8 Å². The zero-order valence-electron chi connectivity index (χ0n) is 9.05. The van der Waals surface area contributed by atoms with E-state index in [-0.39, 0.29) is 24.8 Å². The van der Waals surface area contributed by atoms with E-state index >= 15 is 0 Å². The minimum absolute atomic E-state index is 0. The Labute approximate surface area is 113 Å². The summed E-state index contributed by atoms with van der Waals surface area (Å²) in [4.78, 5) is 4.24. The molecule has 0 saturated carbocycles. The topological polar surface area (TPSA) is 64.4 Å². The van der Waals surface area contributed by atoms with Gasteiger partial charge in [-0.1, -0.05) is 23.9 Å². The first-order valence-electron chi connectivity index (χ1n) is 4.43. The number of benzene rings is 1. The Kier molecular flexibility index (Phi) is 11.0. The Morgan fingerprint density at radius 3 is 2.62 bits per heavy atom. The average Bonchev–Trinajstić information content (AvgIpc) is 2.19. The number of thioether (sulfide) groups is 1. The van der Waals surface area contributed by atoms with Gasteiger partial charge in [-0.25, -0.2) is 4.99 Å². The van der Waals surface area contributed by atoms with Crippen LogP contribution >= 0.6 is 36.6 Å². The van der Waals surface area contributed by atoms with Gasteiger partial charge >= 0.3 is 0 Å². The van der Waals surface area contributed by atoms with Crippen LogP contribution in [0.2, 0.25) is 0 Å². The Morgan fingerprint density at radius 2 is 2.06 bits per heavy atom. The highest BCUT2D eigenvalue weighted by atomic mass is 35.5. The fourth-order valence-electron chi connectivity index (χ4n) is 1.12. The van der Waals surface area contributed by atoms with Crippen LogP contribution in [0.5, 0.6) is 0 Å². The molecule has 0 saturated heterocycles. The molecule has 6 heteroatoms. The van der Waals surface area contributed by atoms with Crippen LogP contribution in [-0.2, 0) is 6.42 Å². The molecular formula is C10H17Cl2N3S. The summed E-state index contributed by atoms with van der Waals surface area (Å²) in [5, 5.41) is 0.579. The molecular weight excluding hydrogens is 265 g/mol. The normalized spacial score (nSPS) is 10.2. The fraction of sp³-hybridized carbons (Fsp3) is 0.300. The first-order chi connectivity index (χ1) is 6.76. The maximum absolute atomic E-state index is 5.62. The highest BCUT2D eigenvalue weighted by molar-refractivity contribution is 8.13. The van der Waals surface area contributed by atoms with Crippen LogP contribution in [0, 0.1) is 0 Å². The molecule has 0 bridgehead atoms. The van der Waals surface area contributed by atoms with Crippen LogP contribution in [-0.4, -0.2) is 18.0 Å². The zero-order valence-corrected chi connectivity index (χ0v) is 11.5. The summed E-state index contributed by atoms with van der Waals surface area (Å²) < 4.78 is 0. The minimum Gasteiger partial charge on any atom is -0.378 e. The van der Waals surface area contributed by atoms with Crippen molar-refractivity contribution in [3.63, 3.8) is 0 Å². The molecule has 0 unspecified atom stereocenters. The highest BCUT2D eigenvalue weighted by Gasteiger charge is 1.94. The maximum atomic E-state index is 5.62. The van der Waals surface area contributed by atoms with Gasteiger partial charge in [0.2, 0.25) is 0 Å². The first-order valence-corrected chi connectivity index (χ1v) is 5.66. The SMILES string of the molecule is CSC(N)=Nc1cccc(CCN)c1.Cl.Cl. The number of aliphatic imine (C=N–C) groups is 1. The molecule has 1 rings (SSSR count). The molecule has 0 atom stereocenters. The second-order valence-corrected chi connectivity index (χ2v) is 3.69. The van der Waals surface area contributed by atoms with E-state index in [4.69, 9.17) is 11.5 Å². The zero-order chi connectivity index (χ0) is 10.4. The molecule has 0 aromatic heterocycles. The number of halogens is 2. The summed E-state index contributed by atoms with van der Waals surface area (Å²) >= 11 is 1.44. The molecule has 0 aliphatic heterocycles. The molecule has 0 fully saturated rings. The van der Waals surface area contributed by atoms with Crippen molar-refractivity contribution in [3.05, 3.63) is 29.8 Å². The molecule has 0 amide bonds. The van der Waals surface area contributed by atoms with Crippen molar-refractivity contribution in [2.24, 2.45) is 16.5 Å². The molecule has 0 spiro atoms. The third-order valence-electron chi connectivity index (χ3n) is 1.79. The summed E-state index contributed by atoms with van der Waals surface area (Å²) in [5.41, 5.74) is 13.2. The Morgan fingerprint density at radius 1 is 1.38 bits per heavy atom. The van der Waals surface area contributed by atoms with E-state index in [0.29, 0.717) is 11.7 Å². The van der Waals surface area contributed by atoms with Crippen LogP contribution in [0.3, 0.4) is 0 Å². The van der Waals surface area contributed by atoms with Crippen molar-refractivity contribution in [2.75, 3.05) is 12.8 Å². The molecule has 16 heavy (non-hydrogen) atoms. The fourth-order valence-corrected chi connectivity index (χ4v) is 1.32. The molecule has 3 nitrogen and oxygen atoms in total. The molecule has 0 heterocycles. The quantitative estimate of drug-likeness (QED) is 0.660. The standard InChI is InChI=1S/C10H15N3S.2ClH/c1-14-10(12)13-9-4-2-3-8(7-9)5-6-11;;/h2-4,7H,5-6,11H2,1H3,(H2,12,13);2*1H. The molecule has 4 N–H and O–H groups in total. The number of rotatable bonds is 3. The minimum atomic E-state index is 0. The Hall–Kier alpha value is -0.420. The number of amidine groups is 1. The van der Waals surface area contributed by atoms with Crippen LogP contribution < -0.4 is 11.5 Å². The Bertz CT molecular complexity index is 332. The van der Waals surface area contributed by atoms with E-state index < -0.39 is 0 Å². The lowest BCUT2D eigenvalue weighted by atomic mass is 10.1. The molecule has 0 aliphatic carbocycles. The van der Waals surface area contributed by atoms with Gasteiger partial charge in [0, 0.05) is 0 Å². The van der Waals surface area contributed by atoms with E-state index in [9.17, 15) is 0 Å². The molecule has 92 valence electrons. The van der Waals surface area contributed by atoms with Crippen molar-refractivity contribution < 1.29 is 0 Å². The predicted octanol–water partition coefficient (Wildman–Crippen LogP) is 2.34. The Balaban J connectivity index is 0. The van der Waals surface area contributed by atoms with Crippen LogP contribution in [0.15, 0.2) is 29.3 Å². The van der Waals surface area contributed by atoms with Gasteiger partial charge in [0.05, 0.1) is 5.69 Å². The van der Waals surface area contributed by atoms with E-state index in [2.05, 4.69) is 4.99 Å². The largest absolute Gasteiger partial charge is 0.378 e. The van der Waals surface area contributed by atoms with E-state index in [1.165, 1.54) is 17.3 Å². The number of hydrogen-bond acceptors (Lipinski definition) is 3. The van der Waals surface area contributed by atoms with Gasteiger partial charge in [0.15, 0.2) is 5.17 Å². The summed E-state index contributed by atoms with van der Waals surface area (Å²) in [6, 6.07) is 7.96.